The maximum Gasteiger partial charge on any atom is 0.108 e. The molecule has 18 heavy (non-hydrogen) atoms. The number of rotatable bonds is 4. The Labute approximate surface area is 112 Å². The number of nitrogens with zero attached hydrogens (tertiary/aromatic N) is 2. The van der Waals surface area contributed by atoms with Crippen LogP contribution in [0, 0.1) is 11.3 Å². The van der Waals surface area contributed by atoms with Gasteiger partial charge in [0.25, 0.3) is 0 Å². The molecule has 0 amide bonds. The van der Waals surface area contributed by atoms with Crippen LogP contribution in [-0.2, 0) is 0 Å². The lowest BCUT2D eigenvalue weighted by Gasteiger charge is -2.29. The third-order valence-electron chi connectivity index (χ3n) is 4.57. The summed E-state index contributed by atoms with van der Waals surface area (Å²) in [6.45, 7) is 5.64. The van der Waals surface area contributed by atoms with Crippen LogP contribution < -0.4 is 5.32 Å². The van der Waals surface area contributed by atoms with Crippen LogP contribution in [0.5, 0.6) is 0 Å². The molecule has 102 valence electrons. The number of nitrogens with one attached hydrogen (secondary N) is 1. The van der Waals surface area contributed by atoms with Crippen LogP contribution >= 0.6 is 0 Å². The Morgan fingerprint density at radius 3 is 2.61 bits per heavy atom. The maximum atomic E-state index is 9.48. The van der Waals surface area contributed by atoms with E-state index >= 15 is 0 Å². The average molecular weight is 249 g/mol. The first-order valence-electron chi connectivity index (χ1n) is 7.70. The summed E-state index contributed by atoms with van der Waals surface area (Å²) < 4.78 is 0. The summed E-state index contributed by atoms with van der Waals surface area (Å²) in [6, 6.07) is 3.20. The van der Waals surface area contributed by atoms with E-state index in [0.717, 1.165) is 25.8 Å². The molecule has 0 bridgehead atoms. The second-order valence-corrected chi connectivity index (χ2v) is 5.97. The molecule has 1 saturated heterocycles. The Morgan fingerprint density at radius 1 is 1.28 bits per heavy atom. The van der Waals surface area contributed by atoms with E-state index in [4.69, 9.17) is 0 Å². The molecule has 3 nitrogen and oxygen atoms in total. The van der Waals surface area contributed by atoms with Gasteiger partial charge in [0.2, 0.25) is 0 Å². The summed E-state index contributed by atoms with van der Waals surface area (Å²) in [5.74, 6) is 0. The van der Waals surface area contributed by atoms with E-state index in [2.05, 4.69) is 23.2 Å². The molecule has 1 aliphatic carbocycles. The van der Waals surface area contributed by atoms with Crippen LogP contribution in [0.3, 0.4) is 0 Å². The smallest absolute Gasteiger partial charge is 0.108 e. The number of nitriles is 1. The predicted molar refractivity (Wildman–Crippen MR) is 74.3 cm³/mol. The summed E-state index contributed by atoms with van der Waals surface area (Å²) >= 11 is 0. The van der Waals surface area contributed by atoms with Crippen molar-refractivity contribution in [2.24, 2.45) is 0 Å². The Kier molecular flexibility index (Phi) is 5.03. The molecule has 1 saturated carbocycles. The van der Waals surface area contributed by atoms with Crippen molar-refractivity contribution < 1.29 is 0 Å². The molecule has 2 aliphatic rings. The van der Waals surface area contributed by atoms with Gasteiger partial charge in [-0.15, -0.1) is 0 Å². The first-order valence-corrected chi connectivity index (χ1v) is 7.70. The predicted octanol–water partition coefficient (Wildman–Crippen LogP) is 2.68. The summed E-state index contributed by atoms with van der Waals surface area (Å²) in [7, 11) is 0. The van der Waals surface area contributed by atoms with Gasteiger partial charge in [0.15, 0.2) is 0 Å². The van der Waals surface area contributed by atoms with Crippen molar-refractivity contribution in [1.82, 2.24) is 10.2 Å². The van der Waals surface area contributed by atoms with E-state index in [0.29, 0.717) is 6.04 Å². The Morgan fingerprint density at radius 2 is 2.00 bits per heavy atom. The van der Waals surface area contributed by atoms with Crippen molar-refractivity contribution in [3.63, 3.8) is 0 Å². The van der Waals surface area contributed by atoms with Crippen molar-refractivity contribution >= 4 is 0 Å². The normalized spacial score (nSPS) is 34.1. The van der Waals surface area contributed by atoms with Gasteiger partial charge in [-0.25, -0.2) is 0 Å². The minimum Gasteiger partial charge on any atom is -0.300 e. The van der Waals surface area contributed by atoms with Gasteiger partial charge < -0.3 is 4.90 Å². The fourth-order valence-corrected chi connectivity index (χ4v) is 3.46. The molecule has 2 rings (SSSR count). The minimum atomic E-state index is -0.229. The van der Waals surface area contributed by atoms with Crippen LogP contribution in [0.15, 0.2) is 0 Å². The van der Waals surface area contributed by atoms with Gasteiger partial charge >= 0.3 is 0 Å². The summed E-state index contributed by atoms with van der Waals surface area (Å²) in [4.78, 5) is 2.65. The van der Waals surface area contributed by atoms with E-state index in [-0.39, 0.29) is 5.54 Å². The molecule has 1 N–H and O–H groups in total. The van der Waals surface area contributed by atoms with Gasteiger partial charge in [-0.3, -0.25) is 5.32 Å². The summed E-state index contributed by atoms with van der Waals surface area (Å²) in [6.07, 6.45) is 9.84. The second-order valence-electron chi connectivity index (χ2n) is 5.97. The Bertz CT molecular complexity index is 289. The molecule has 2 unspecified atom stereocenters. The Hall–Kier alpha value is -0.590. The molecule has 1 heterocycles. The van der Waals surface area contributed by atoms with Gasteiger partial charge in [0.1, 0.15) is 5.54 Å². The van der Waals surface area contributed by atoms with Crippen LogP contribution in [0.2, 0.25) is 0 Å². The fourth-order valence-electron chi connectivity index (χ4n) is 3.46. The van der Waals surface area contributed by atoms with Crippen molar-refractivity contribution in [2.75, 3.05) is 19.6 Å². The van der Waals surface area contributed by atoms with Crippen LogP contribution in [0.25, 0.3) is 0 Å². The average Bonchev–Trinajstić information content (AvgIpc) is 2.64. The maximum absolute atomic E-state index is 9.48. The third-order valence-corrected chi connectivity index (χ3v) is 4.57. The standard InChI is InChI=1S/C15H27N3/c1-2-9-17-15(13-16)8-7-14(12-15)18-10-5-3-4-6-11-18/h14,17H,2-12H2,1H3. The molecule has 0 aromatic rings. The van der Waals surface area contributed by atoms with Crippen LogP contribution in [0.1, 0.15) is 58.3 Å². The Balaban J connectivity index is 1.91. The molecule has 1 aliphatic heterocycles. The number of likely N-dealkylation sites (tertiary alicyclic amines) is 1. The second kappa shape index (κ2) is 6.54. The largest absolute Gasteiger partial charge is 0.300 e. The highest BCUT2D eigenvalue weighted by atomic mass is 15.2. The third kappa shape index (κ3) is 3.24. The van der Waals surface area contributed by atoms with Crippen molar-refractivity contribution in [3.8, 4) is 6.07 Å². The minimum absolute atomic E-state index is 0.229. The SMILES string of the molecule is CCCNC1(C#N)CCC(N2CCCCCC2)C1. The van der Waals surface area contributed by atoms with Gasteiger partial charge in [-0.2, -0.15) is 5.26 Å². The first-order chi connectivity index (χ1) is 8.79. The lowest BCUT2D eigenvalue weighted by molar-refractivity contribution is 0.199. The molecule has 0 spiro atoms. The van der Waals surface area contributed by atoms with Gasteiger partial charge in [-0.1, -0.05) is 19.8 Å². The zero-order chi connectivity index (χ0) is 12.8. The molecule has 2 atom stereocenters. The molecule has 0 radical (unpaired) electrons. The highest BCUT2D eigenvalue weighted by molar-refractivity contribution is 5.13. The van der Waals surface area contributed by atoms with Gasteiger partial charge in [-0.05, 0) is 58.2 Å². The van der Waals surface area contributed by atoms with E-state index in [1.165, 1.54) is 45.2 Å². The van der Waals surface area contributed by atoms with Crippen molar-refractivity contribution in [2.45, 2.75) is 69.9 Å². The number of hydrogen-bond donors (Lipinski definition) is 1. The lowest BCUT2D eigenvalue weighted by Crippen LogP contribution is -2.44. The van der Waals surface area contributed by atoms with E-state index in [1.807, 2.05) is 0 Å². The fraction of sp³-hybridized carbons (Fsp3) is 0.933. The molecule has 3 heteroatoms. The monoisotopic (exact) mass is 249 g/mol. The molecular weight excluding hydrogens is 222 g/mol. The lowest BCUT2D eigenvalue weighted by atomic mass is 9.99. The van der Waals surface area contributed by atoms with E-state index in [1.54, 1.807) is 0 Å². The highest BCUT2D eigenvalue weighted by Gasteiger charge is 2.40. The molecular formula is C15H27N3. The zero-order valence-electron chi connectivity index (χ0n) is 11.7. The summed E-state index contributed by atoms with van der Waals surface area (Å²) in [5, 5.41) is 13.0. The molecule has 2 fully saturated rings. The van der Waals surface area contributed by atoms with E-state index in [9.17, 15) is 5.26 Å². The molecule has 0 aromatic heterocycles. The van der Waals surface area contributed by atoms with Crippen LogP contribution in [-0.4, -0.2) is 36.1 Å². The summed E-state index contributed by atoms with van der Waals surface area (Å²) in [5.41, 5.74) is -0.229. The number of hydrogen-bond acceptors (Lipinski definition) is 3. The van der Waals surface area contributed by atoms with Gasteiger partial charge in [0, 0.05) is 6.04 Å². The molecule has 0 aromatic carbocycles. The van der Waals surface area contributed by atoms with E-state index < -0.39 is 0 Å². The first kappa shape index (κ1) is 13.8. The van der Waals surface area contributed by atoms with Crippen molar-refractivity contribution in [3.05, 3.63) is 0 Å². The van der Waals surface area contributed by atoms with Gasteiger partial charge in [0.05, 0.1) is 6.07 Å². The topological polar surface area (TPSA) is 39.1 Å². The van der Waals surface area contributed by atoms with Crippen molar-refractivity contribution in [1.29, 1.82) is 5.26 Å². The highest BCUT2D eigenvalue weighted by Crippen LogP contribution is 2.33. The van der Waals surface area contributed by atoms with Crippen LogP contribution in [0.4, 0.5) is 0 Å². The quantitative estimate of drug-likeness (QED) is 0.832. The zero-order valence-corrected chi connectivity index (χ0v) is 11.7.